The van der Waals surface area contributed by atoms with Crippen molar-refractivity contribution in [3.8, 4) is 17.2 Å². The van der Waals surface area contributed by atoms with Crippen molar-refractivity contribution in [1.29, 1.82) is 0 Å². The second-order valence-corrected chi connectivity index (χ2v) is 10.5. The van der Waals surface area contributed by atoms with E-state index in [1.165, 1.54) is 0 Å². The number of allylic oxidation sites excluding steroid dienone is 2. The highest BCUT2D eigenvalue weighted by Crippen LogP contribution is 2.43. The van der Waals surface area contributed by atoms with Gasteiger partial charge in [-0.2, -0.15) is 0 Å². The number of ether oxygens (including phenoxy) is 2. The smallest absolute Gasteiger partial charge is 0.335 e. The predicted molar refractivity (Wildman–Crippen MR) is 160 cm³/mol. The Morgan fingerprint density at radius 1 is 0.974 bits per heavy atom. The van der Waals surface area contributed by atoms with Gasteiger partial charge < -0.3 is 26.3 Å². The van der Waals surface area contributed by atoms with Crippen LogP contribution in [0.25, 0.3) is 0 Å². The second kappa shape index (κ2) is 13.3. The summed E-state index contributed by atoms with van der Waals surface area (Å²) < 4.78 is 12.4. The third-order valence-electron chi connectivity index (χ3n) is 6.10. The van der Waals surface area contributed by atoms with Gasteiger partial charge >= 0.3 is 5.69 Å². The Hall–Kier alpha value is -3.82. The second-order valence-electron chi connectivity index (χ2n) is 9.67. The maximum absolute atomic E-state index is 11.4. The largest absolute Gasteiger partial charge is 0.481 e. The fourth-order valence-corrected chi connectivity index (χ4v) is 4.50. The molecule has 39 heavy (non-hydrogen) atoms. The van der Waals surface area contributed by atoms with Crippen LogP contribution in [0, 0.1) is 16.0 Å². The minimum atomic E-state index is -0.583. The highest BCUT2D eigenvalue weighted by molar-refractivity contribution is 9.10. The molecule has 0 spiro atoms. The van der Waals surface area contributed by atoms with Gasteiger partial charge in [-0.15, -0.1) is 0 Å². The SMILES string of the molecule is CC(C)C1(Oc2ccccc2)C=CC=C(N)C1N.CC(C)Nc1ccc(Br)c(Oc2ccccc2)c1[N+](=O)[O-]. The zero-order chi connectivity index (χ0) is 28.6. The molecule has 4 rings (SSSR count). The maximum atomic E-state index is 11.4. The molecule has 9 heteroatoms. The quantitative estimate of drug-likeness (QED) is 0.186. The first-order chi connectivity index (χ1) is 18.5. The lowest BCUT2D eigenvalue weighted by molar-refractivity contribution is -0.384. The molecule has 0 saturated heterocycles. The number of nitro benzene ring substituents is 1. The van der Waals surface area contributed by atoms with E-state index in [2.05, 4.69) is 35.1 Å². The third kappa shape index (κ3) is 7.40. The van der Waals surface area contributed by atoms with Gasteiger partial charge in [-0.05, 0) is 84.2 Å². The highest BCUT2D eigenvalue weighted by atomic mass is 79.9. The number of rotatable bonds is 8. The summed E-state index contributed by atoms with van der Waals surface area (Å²) in [6, 6.07) is 21.8. The van der Waals surface area contributed by atoms with E-state index in [4.69, 9.17) is 20.9 Å². The Morgan fingerprint density at radius 2 is 1.56 bits per heavy atom. The molecule has 0 heterocycles. The van der Waals surface area contributed by atoms with Gasteiger partial charge in [-0.25, -0.2) is 0 Å². The lowest BCUT2D eigenvalue weighted by Gasteiger charge is -2.41. The molecule has 0 radical (unpaired) electrons. The minimum absolute atomic E-state index is 0.0782. The fraction of sp³-hybridized carbons (Fsp3) is 0.267. The van der Waals surface area contributed by atoms with Crippen molar-refractivity contribution in [2.75, 3.05) is 5.32 Å². The molecule has 3 aromatic rings. The molecular weight excluding hydrogens is 560 g/mol. The van der Waals surface area contributed by atoms with E-state index in [-0.39, 0.29) is 29.4 Å². The first-order valence-corrected chi connectivity index (χ1v) is 13.4. The van der Waals surface area contributed by atoms with Gasteiger partial charge in [0.2, 0.25) is 5.75 Å². The van der Waals surface area contributed by atoms with Crippen molar-refractivity contribution in [2.24, 2.45) is 17.4 Å². The number of halogens is 1. The van der Waals surface area contributed by atoms with Crippen LogP contribution in [0.15, 0.2) is 101 Å². The summed E-state index contributed by atoms with van der Waals surface area (Å²) in [7, 11) is 0. The molecule has 2 atom stereocenters. The van der Waals surface area contributed by atoms with Crippen LogP contribution in [0.1, 0.15) is 27.7 Å². The Bertz CT molecular complexity index is 1310. The summed E-state index contributed by atoms with van der Waals surface area (Å²) in [4.78, 5) is 11.0. The molecule has 0 saturated carbocycles. The number of nitrogens with zero attached hydrogens (tertiary/aromatic N) is 1. The summed E-state index contributed by atoms with van der Waals surface area (Å²) in [6.07, 6.45) is 5.76. The molecule has 8 nitrogen and oxygen atoms in total. The lowest BCUT2D eigenvalue weighted by atomic mass is 9.79. The first-order valence-electron chi connectivity index (χ1n) is 12.7. The molecule has 3 aromatic carbocycles. The lowest BCUT2D eigenvalue weighted by Crippen LogP contribution is -2.57. The topological polar surface area (TPSA) is 126 Å². The van der Waals surface area contributed by atoms with Crippen molar-refractivity contribution in [2.45, 2.75) is 45.4 Å². The van der Waals surface area contributed by atoms with Crippen LogP contribution < -0.4 is 26.3 Å². The molecule has 2 unspecified atom stereocenters. The average molecular weight is 596 g/mol. The van der Waals surface area contributed by atoms with Crippen molar-refractivity contribution < 1.29 is 14.4 Å². The van der Waals surface area contributed by atoms with Gasteiger partial charge in [0, 0.05) is 11.7 Å². The highest BCUT2D eigenvalue weighted by Gasteiger charge is 2.42. The van der Waals surface area contributed by atoms with Crippen LogP contribution >= 0.6 is 15.9 Å². The summed E-state index contributed by atoms with van der Waals surface area (Å²) in [5.74, 6) is 1.76. The van der Waals surface area contributed by atoms with E-state index >= 15 is 0 Å². The number of nitrogens with two attached hydrogens (primary N) is 2. The van der Waals surface area contributed by atoms with Crippen molar-refractivity contribution >= 4 is 27.3 Å². The number of hydrogen-bond donors (Lipinski definition) is 3. The number of benzene rings is 3. The van der Waals surface area contributed by atoms with E-state index in [1.807, 2.05) is 80.6 Å². The predicted octanol–water partition coefficient (Wildman–Crippen LogP) is 7.17. The van der Waals surface area contributed by atoms with E-state index in [0.717, 1.165) is 5.75 Å². The standard InChI is InChI=1S/C15H15BrN2O3.C15H20N2O/c1-10(2)17-13-9-8-12(16)15(14(13)18(19)20)21-11-6-4-3-5-7-11;1-11(2)15(10-6-9-13(16)14(15)17)18-12-7-4-3-5-8-12/h3-10,17H,1-2H3;3-11,14H,16-17H2,1-2H3. The van der Waals surface area contributed by atoms with Crippen LogP contribution in [-0.4, -0.2) is 22.6 Å². The Labute approximate surface area is 238 Å². The van der Waals surface area contributed by atoms with Gasteiger partial charge in [0.25, 0.3) is 0 Å². The Morgan fingerprint density at radius 3 is 2.10 bits per heavy atom. The molecule has 206 valence electrons. The normalized spacial score (nSPS) is 18.2. The molecule has 0 aliphatic heterocycles. The van der Waals surface area contributed by atoms with Crippen LogP contribution in [0.3, 0.4) is 0 Å². The number of nitrogens with one attached hydrogen (secondary N) is 1. The molecule has 0 amide bonds. The van der Waals surface area contributed by atoms with Crippen LogP contribution in [-0.2, 0) is 0 Å². The Balaban J connectivity index is 0.000000218. The number of hydrogen-bond acceptors (Lipinski definition) is 7. The van der Waals surface area contributed by atoms with Crippen LogP contribution in [0.5, 0.6) is 17.2 Å². The van der Waals surface area contributed by atoms with Gasteiger partial charge in [0.1, 0.15) is 17.2 Å². The summed E-state index contributed by atoms with van der Waals surface area (Å²) in [6.45, 7) is 8.02. The minimum Gasteiger partial charge on any atom is -0.481 e. The van der Waals surface area contributed by atoms with E-state index < -0.39 is 10.5 Å². The fourth-order valence-electron chi connectivity index (χ4n) is 4.10. The molecule has 0 bridgehead atoms. The van der Waals surface area contributed by atoms with Gasteiger partial charge in [-0.1, -0.05) is 56.3 Å². The number of nitro groups is 1. The molecule has 1 aliphatic carbocycles. The van der Waals surface area contributed by atoms with E-state index in [0.29, 0.717) is 21.6 Å². The van der Waals surface area contributed by atoms with Crippen molar-refractivity contribution in [3.63, 3.8) is 0 Å². The molecule has 0 aromatic heterocycles. The van der Waals surface area contributed by atoms with Gasteiger partial charge in [0.05, 0.1) is 15.4 Å². The average Bonchev–Trinajstić information content (AvgIpc) is 2.90. The van der Waals surface area contributed by atoms with Crippen molar-refractivity contribution in [3.05, 3.63) is 111 Å². The summed E-state index contributed by atoms with van der Waals surface area (Å²) in [5, 5.41) is 14.5. The summed E-state index contributed by atoms with van der Waals surface area (Å²) in [5.41, 5.74) is 12.6. The molecule has 0 fully saturated rings. The van der Waals surface area contributed by atoms with E-state index in [9.17, 15) is 10.1 Å². The molecular formula is C30H35BrN4O4. The maximum Gasteiger partial charge on any atom is 0.335 e. The van der Waals surface area contributed by atoms with Crippen molar-refractivity contribution in [1.82, 2.24) is 0 Å². The zero-order valence-corrected chi connectivity index (χ0v) is 24.1. The molecule has 1 aliphatic rings. The zero-order valence-electron chi connectivity index (χ0n) is 22.5. The van der Waals surface area contributed by atoms with Crippen LogP contribution in [0.2, 0.25) is 0 Å². The Kier molecular flexibility index (Phi) is 10.1. The van der Waals surface area contributed by atoms with E-state index in [1.54, 1.807) is 24.3 Å². The number of anilines is 1. The third-order valence-corrected chi connectivity index (χ3v) is 6.73. The van der Waals surface area contributed by atoms with Crippen LogP contribution in [0.4, 0.5) is 11.4 Å². The first kappa shape index (κ1) is 29.7. The van der Waals surface area contributed by atoms with Gasteiger partial charge in [0.15, 0.2) is 5.60 Å². The molecule has 5 N–H and O–H groups in total. The number of para-hydroxylation sites is 2. The summed E-state index contributed by atoms with van der Waals surface area (Å²) >= 11 is 3.32. The monoisotopic (exact) mass is 594 g/mol. The van der Waals surface area contributed by atoms with Gasteiger partial charge in [-0.3, -0.25) is 10.1 Å².